The minimum Gasteiger partial charge on any atom is -0.489 e. The molecule has 1 fully saturated rings. The van der Waals surface area contributed by atoms with E-state index in [-0.39, 0.29) is 18.2 Å². The first-order valence-electron chi connectivity index (χ1n) is 6.44. The molecule has 0 saturated carbocycles. The van der Waals surface area contributed by atoms with Crippen molar-refractivity contribution in [1.29, 1.82) is 0 Å². The number of hydrogen-bond donors (Lipinski definition) is 1. The van der Waals surface area contributed by atoms with Gasteiger partial charge in [-0.3, -0.25) is 4.90 Å². The van der Waals surface area contributed by atoms with E-state index in [0.29, 0.717) is 26.2 Å². The van der Waals surface area contributed by atoms with Gasteiger partial charge in [0.15, 0.2) is 11.6 Å². The number of aliphatic carboxylic acids is 1. The summed E-state index contributed by atoms with van der Waals surface area (Å²) in [4.78, 5) is 12.5. The van der Waals surface area contributed by atoms with Crippen LogP contribution in [0.4, 0.5) is 4.39 Å². The average Bonchev–Trinajstić information content (AvgIpc) is 2.36. The van der Waals surface area contributed by atoms with E-state index in [4.69, 9.17) is 14.6 Å². The van der Waals surface area contributed by atoms with Gasteiger partial charge >= 0.3 is 5.97 Å². The van der Waals surface area contributed by atoms with Gasteiger partial charge in [-0.2, -0.15) is 0 Å². The summed E-state index contributed by atoms with van der Waals surface area (Å²) in [7, 11) is 0. The first-order chi connectivity index (χ1) is 9.48. The molecule has 6 heteroatoms. The van der Waals surface area contributed by atoms with E-state index in [2.05, 4.69) is 4.90 Å². The highest BCUT2D eigenvalue weighted by molar-refractivity contribution is 5.68. The Morgan fingerprint density at radius 1 is 1.45 bits per heavy atom. The predicted octanol–water partition coefficient (Wildman–Crippen LogP) is 1.38. The van der Waals surface area contributed by atoms with Crippen molar-refractivity contribution in [3.05, 3.63) is 30.1 Å². The number of benzene rings is 1. The van der Waals surface area contributed by atoms with Crippen LogP contribution in [0.25, 0.3) is 0 Å². The molecule has 1 aliphatic heterocycles. The van der Waals surface area contributed by atoms with Crippen LogP contribution in [-0.2, 0) is 9.53 Å². The summed E-state index contributed by atoms with van der Waals surface area (Å²) in [5.74, 6) is -1.09. The number of likely N-dealkylation sites (tertiary alicyclic amines) is 1. The molecule has 1 heterocycles. The van der Waals surface area contributed by atoms with Crippen LogP contribution >= 0.6 is 0 Å². The molecule has 5 nitrogen and oxygen atoms in total. The lowest BCUT2D eigenvalue weighted by Gasteiger charge is -2.47. The molecule has 20 heavy (non-hydrogen) atoms. The SMILES string of the molecule is CC1(OCC(=O)O)CN(CCOc2ccccc2F)C1. The van der Waals surface area contributed by atoms with Gasteiger partial charge in [-0.25, -0.2) is 9.18 Å². The van der Waals surface area contributed by atoms with Crippen LogP contribution in [0, 0.1) is 5.82 Å². The van der Waals surface area contributed by atoms with Gasteiger partial charge in [0.25, 0.3) is 0 Å². The van der Waals surface area contributed by atoms with Crippen molar-refractivity contribution < 1.29 is 23.8 Å². The number of ether oxygens (including phenoxy) is 2. The summed E-state index contributed by atoms with van der Waals surface area (Å²) in [6, 6.07) is 6.28. The summed E-state index contributed by atoms with van der Waals surface area (Å²) in [5, 5.41) is 8.56. The molecule has 0 amide bonds. The molecule has 1 aromatic rings. The van der Waals surface area contributed by atoms with Crippen LogP contribution in [0.3, 0.4) is 0 Å². The number of nitrogens with zero attached hydrogens (tertiary/aromatic N) is 1. The summed E-state index contributed by atoms with van der Waals surface area (Å²) in [5.41, 5.74) is -0.406. The molecule has 1 N–H and O–H groups in total. The maximum absolute atomic E-state index is 13.3. The fourth-order valence-corrected chi connectivity index (χ4v) is 2.23. The van der Waals surface area contributed by atoms with Crippen molar-refractivity contribution in [2.75, 3.05) is 32.8 Å². The zero-order valence-electron chi connectivity index (χ0n) is 11.3. The van der Waals surface area contributed by atoms with Crippen LogP contribution in [0.1, 0.15) is 6.92 Å². The van der Waals surface area contributed by atoms with Gasteiger partial charge in [0.1, 0.15) is 13.2 Å². The molecule has 0 unspecified atom stereocenters. The minimum absolute atomic E-state index is 0.248. The van der Waals surface area contributed by atoms with Crippen LogP contribution < -0.4 is 4.74 Å². The normalized spacial score (nSPS) is 17.5. The quantitative estimate of drug-likeness (QED) is 0.819. The Kier molecular flexibility index (Phi) is 4.57. The number of rotatable bonds is 7. The van der Waals surface area contributed by atoms with Crippen LogP contribution in [0.2, 0.25) is 0 Å². The van der Waals surface area contributed by atoms with Crippen molar-refractivity contribution in [3.8, 4) is 5.75 Å². The first-order valence-corrected chi connectivity index (χ1v) is 6.44. The van der Waals surface area contributed by atoms with Gasteiger partial charge in [-0.05, 0) is 19.1 Å². The Labute approximate surface area is 116 Å². The van der Waals surface area contributed by atoms with Crippen molar-refractivity contribution in [3.63, 3.8) is 0 Å². The second-order valence-corrected chi connectivity index (χ2v) is 5.12. The van der Waals surface area contributed by atoms with Crippen molar-refractivity contribution in [2.45, 2.75) is 12.5 Å². The Morgan fingerprint density at radius 2 is 2.15 bits per heavy atom. The lowest BCUT2D eigenvalue weighted by molar-refractivity contribution is -0.165. The van der Waals surface area contributed by atoms with E-state index in [1.807, 2.05) is 6.92 Å². The van der Waals surface area contributed by atoms with E-state index in [9.17, 15) is 9.18 Å². The van der Waals surface area contributed by atoms with Crippen LogP contribution in [-0.4, -0.2) is 54.4 Å². The van der Waals surface area contributed by atoms with Gasteiger partial charge in [-0.15, -0.1) is 0 Å². The predicted molar refractivity (Wildman–Crippen MR) is 70.3 cm³/mol. The van der Waals surface area contributed by atoms with E-state index >= 15 is 0 Å². The highest BCUT2D eigenvalue weighted by Crippen LogP contribution is 2.24. The molecule has 1 aliphatic rings. The number of carboxylic acid groups (broad SMARTS) is 1. The molecular weight excluding hydrogens is 265 g/mol. The molecule has 0 aliphatic carbocycles. The van der Waals surface area contributed by atoms with Crippen molar-refractivity contribution in [2.24, 2.45) is 0 Å². The Bertz CT molecular complexity index is 474. The lowest BCUT2D eigenvalue weighted by atomic mass is 9.96. The Morgan fingerprint density at radius 3 is 2.80 bits per heavy atom. The van der Waals surface area contributed by atoms with Gasteiger partial charge in [0.2, 0.25) is 0 Å². The molecule has 1 aromatic carbocycles. The number of halogens is 1. The molecular formula is C14H18FNO4. The third-order valence-corrected chi connectivity index (χ3v) is 3.16. The van der Waals surface area contributed by atoms with Gasteiger partial charge in [0, 0.05) is 19.6 Å². The second-order valence-electron chi connectivity index (χ2n) is 5.12. The zero-order valence-corrected chi connectivity index (χ0v) is 11.3. The topological polar surface area (TPSA) is 59.0 Å². The molecule has 2 rings (SSSR count). The fourth-order valence-electron chi connectivity index (χ4n) is 2.23. The van der Waals surface area contributed by atoms with E-state index < -0.39 is 11.6 Å². The average molecular weight is 283 g/mol. The molecule has 0 atom stereocenters. The minimum atomic E-state index is -0.965. The van der Waals surface area contributed by atoms with Gasteiger partial charge in [0.05, 0.1) is 5.60 Å². The Hall–Kier alpha value is -1.66. The summed E-state index contributed by atoms with van der Waals surface area (Å²) in [6.45, 7) is 3.94. The molecule has 110 valence electrons. The smallest absolute Gasteiger partial charge is 0.329 e. The maximum atomic E-state index is 13.3. The number of para-hydroxylation sites is 1. The molecule has 0 aromatic heterocycles. The number of carbonyl (C=O) groups is 1. The summed E-state index contributed by atoms with van der Waals surface area (Å²) >= 11 is 0. The third-order valence-electron chi connectivity index (χ3n) is 3.16. The highest BCUT2D eigenvalue weighted by atomic mass is 19.1. The van der Waals surface area contributed by atoms with Crippen molar-refractivity contribution in [1.82, 2.24) is 4.90 Å². The monoisotopic (exact) mass is 283 g/mol. The summed E-state index contributed by atoms with van der Waals surface area (Å²) < 4.78 is 24.0. The highest BCUT2D eigenvalue weighted by Gasteiger charge is 2.39. The largest absolute Gasteiger partial charge is 0.489 e. The lowest BCUT2D eigenvalue weighted by Crippen LogP contribution is -2.62. The number of hydrogen-bond acceptors (Lipinski definition) is 4. The first kappa shape index (κ1) is 14.7. The fraction of sp³-hybridized carbons (Fsp3) is 0.500. The molecule has 0 bridgehead atoms. The van der Waals surface area contributed by atoms with E-state index in [1.165, 1.54) is 6.07 Å². The molecule has 1 saturated heterocycles. The van der Waals surface area contributed by atoms with Crippen LogP contribution in [0.5, 0.6) is 5.75 Å². The number of carboxylic acids is 1. The van der Waals surface area contributed by atoms with Crippen molar-refractivity contribution >= 4 is 5.97 Å². The zero-order chi connectivity index (χ0) is 14.6. The standard InChI is InChI=1S/C14H18FNO4/c1-14(20-8-13(17)18)9-16(10-14)6-7-19-12-5-3-2-4-11(12)15/h2-5H,6-10H2,1H3,(H,17,18). The third kappa shape index (κ3) is 3.91. The van der Waals surface area contributed by atoms with E-state index in [0.717, 1.165) is 0 Å². The van der Waals surface area contributed by atoms with Crippen LogP contribution in [0.15, 0.2) is 24.3 Å². The van der Waals surface area contributed by atoms with Gasteiger partial charge in [-0.1, -0.05) is 12.1 Å². The molecule has 0 radical (unpaired) electrons. The van der Waals surface area contributed by atoms with Gasteiger partial charge < -0.3 is 14.6 Å². The Balaban J connectivity index is 1.65. The maximum Gasteiger partial charge on any atom is 0.329 e. The molecule has 0 spiro atoms. The second kappa shape index (κ2) is 6.19. The summed E-state index contributed by atoms with van der Waals surface area (Å²) in [6.07, 6.45) is 0. The van der Waals surface area contributed by atoms with E-state index in [1.54, 1.807) is 18.2 Å².